The summed E-state index contributed by atoms with van der Waals surface area (Å²) in [5.41, 5.74) is 0.0369. The molecule has 0 atom stereocenters. The zero-order valence-electron chi connectivity index (χ0n) is 10.9. The van der Waals surface area contributed by atoms with Crippen molar-refractivity contribution in [3.05, 3.63) is 29.6 Å². The van der Waals surface area contributed by atoms with Gasteiger partial charge in [-0.25, -0.2) is 4.39 Å². The molecule has 1 rings (SSSR count). The molecule has 100 valence electrons. The Kier molecular flexibility index (Phi) is 5.58. The van der Waals surface area contributed by atoms with Gasteiger partial charge in [0.25, 0.3) is 5.91 Å². The number of hydrogen-bond acceptors (Lipinski definition) is 3. The molecule has 5 heteroatoms. The maximum atomic E-state index is 13.7. The standard InChI is InChI=1S/C13H18FNO3/c1-4-18-8-7-15(2)13(16)11-6-5-10(17-3)9-12(11)14/h5-6,9H,4,7-8H2,1-3H3. The van der Waals surface area contributed by atoms with Crippen LogP contribution in [-0.2, 0) is 4.74 Å². The van der Waals surface area contributed by atoms with E-state index in [1.165, 1.54) is 24.1 Å². The minimum absolute atomic E-state index is 0.0369. The van der Waals surface area contributed by atoms with Gasteiger partial charge in [0.2, 0.25) is 0 Å². The minimum Gasteiger partial charge on any atom is -0.497 e. The first-order valence-corrected chi connectivity index (χ1v) is 5.77. The van der Waals surface area contributed by atoms with Crippen LogP contribution in [0.5, 0.6) is 5.75 Å². The van der Waals surface area contributed by atoms with Gasteiger partial charge in [-0.2, -0.15) is 0 Å². The Morgan fingerprint density at radius 3 is 2.72 bits per heavy atom. The molecule has 0 unspecified atom stereocenters. The van der Waals surface area contributed by atoms with Gasteiger partial charge < -0.3 is 14.4 Å². The average Bonchev–Trinajstić information content (AvgIpc) is 2.38. The third-order valence-electron chi connectivity index (χ3n) is 2.53. The second-order valence-corrected chi connectivity index (χ2v) is 3.77. The maximum absolute atomic E-state index is 13.7. The fraction of sp³-hybridized carbons (Fsp3) is 0.462. The van der Waals surface area contributed by atoms with Crippen molar-refractivity contribution in [2.24, 2.45) is 0 Å². The Bertz CT molecular complexity index is 409. The van der Waals surface area contributed by atoms with Crippen LogP contribution in [0.25, 0.3) is 0 Å². The molecule has 4 nitrogen and oxygen atoms in total. The normalized spacial score (nSPS) is 10.2. The Morgan fingerprint density at radius 1 is 1.44 bits per heavy atom. The number of methoxy groups -OCH3 is 1. The van der Waals surface area contributed by atoms with Gasteiger partial charge in [0.1, 0.15) is 11.6 Å². The first-order chi connectivity index (χ1) is 8.60. The van der Waals surface area contributed by atoms with Gasteiger partial charge >= 0.3 is 0 Å². The van der Waals surface area contributed by atoms with Crippen molar-refractivity contribution in [1.82, 2.24) is 4.90 Å². The fourth-order valence-electron chi connectivity index (χ4n) is 1.45. The van der Waals surface area contributed by atoms with Crippen LogP contribution >= 0.6 is 0 Å². The van der Waals surface area contributed by atoms with E-state index >= 15 is 0 Å². The molecule has 1 amide bonds. The monoisotopic (exact) mass is 255 g/mol. The van der Waals surface area contributed by atoms with Gasteiger partial charge in [0, 0.05) is 26.3 Å². The van der Waals surface area contributed by atoms with E-state index in [0.29, 0.717) is 25.5 Å². The van der Waals surface area contributed by atoms with Gasteiger partial charge in [-0.15, -0.1) is 0 Å². The predicted octanol–water partition coefficient (Wildman–Crippen LogP) is 1.94. The zero-order valence-corrected chi connectivity index (χ0v) is 10.9. The Balaban J connectivity index is 2.71. The molecular formula is C13H18FNO3. The lowest BCUT2D eigenvalue weighted by atomic mass is 10.2. The number of benzene rings is 1. The topological polar surface area (TPSA) is 38.8 Å². The van der Waals surface area contributed by atoms with E-state index in [9.17, 15) is 9.18 Å². The SMILES string of the molecule is CCOCCN(C)C(=O)c1ccc(OC)cc1F. The number of carbonyl (C=O) groups is 1. The van der Waals surface area contributed by atoms with Crippen molar-refractivity contribution >= 4 is 5.91 Å². The van der Waals surface area contributed by atoms with Crippen LogP contribution in [-0.4, -0.2) is 44.7 Å². The number of amides is 1. The number of carbonyl (C=O) groups excluding carboxylic acids is 1. The van der Waals surface area contributed by atoms with Crippen LogP contribution in [0.3, 0.4) is 0 Å². The van der Waals surface area contributed by atoms with Gasteiger partial charge in [0.05, 0.1) is 19.3 Å². The van der Waals surface area contributed by atoms with Crippen LogP contribution in [0, 0.1) is 5.82 Å². The fourth-order valence-corrected chi connectivity index (χ4v) is 1.45. The van der Waals surface area contributed by atoms with Crippen LogP contribution in [0.2, 0.25) is 0 Å². The number of ether oxygens (including phenoxy) is 2. The van der Waals surface area contributed by atoms with Crippen molar-refractivity contribution in [3.63, 3.8) is 0 Å². The van der Waals surface area contributed by atoms with Crippen molar-refractivity contribution in [2.75, 3.05) is 33.9 Å². The molecule has 18 heavy (non-hydrogen) atoms. The summed E-state index contributed by atoms with van der Waals surface area (Å²) in [6.45, 7) is 3.35. The Hall–Kier alpha value is -1.62. The lowest BCUT2D eigenvalue weighted by Crippen LogP contribution is -2.30. The maximum Gasteiger partial charge on any atom is 0.256 e. The third-order valence-corrected chi connectivity index (χ3v) is 2.53. The van der Waals surface area contributed by atoms with Crippen LogP contribution in [0.1, 0.15) is 17.3 Å². The highest BCUT2D eigenvalue weighted by molar-refractivity contribution is 5.94. The molecule has 0 saturated heterocycles. The molecule has 0 N–H and O–H groups in total. The van der Waals surface area contributed by atoms with Crippen molar-refractivity contribution in [3.8, 4) is 5.75 Å². The molecule has 0 aromatic heterocycles. The van der Waals surface area contributed by atoms with Gasteiger partial charge in [-0.05, 0) is 19.1 Å². The van der Waals surface area contributed by atoms with Crippen molar-refractivity contribution < 1.29 is 18.7 Å². The quantitative estimate of drug-likeness (QED) is 0.729. The lowest BCUT2D eigenvalue weighted by molar-refractivity contribution is 0.0705. The molecule has 1 aromatic rings. The minimum atomic E-state index is -0.581. The van der Waals surface area contributed by atoms with Crippen molar-refractivity contribution in [2.45, 2.75) is 6.92 Å². The van der Waals surface area contributed by atoms with Gasteiger partial charge in [0.15, 0.2) is 0 Å². The van der Waals surface area contributed by atoms with E-state index in [2.05, 4.69) is 0 Å². The van der Waals surface area contributed by atoms with Crippen LogP contribution in [0.15, 0.2) is 18.2 Å². The van der Waals surface area contributed by atoms with Crippen LogP contribution in [0.4, 0.5) is 4.39 Å². The number of nitrogens with zero attached hydrogens (tertiary/aromatic N) is 1. The van der Waals surface area contributed by atoms with Crippen LogP contribution < -0.4 is 4.74 Å². The number of halogens is 1. The molecule has 0 saturated carbocycles. The Morgan fingerprint density at radius 2 is 2.17 bits per heavy atom. The van der Waals surface area contributed by atoms with E-state index in [1.807, 2.05) is 6.92 Å². The number of rotatable bonds is 6. The number of likely N-dealkylation sites (N-methyl/N-ethyl adjacent to an activating group) is 1. The summed E-state index contributed by atoms with van der Waals surface area (Å²) in [5, 5.41) is 0. The summed E-state index contributed by atoms with van der Waals surface area (Å²) in [7, 11) is 3.06. The summed E-state index contributed by atoms with van der Waals surface area (Å²) in [6.07, 6.45) is 0. The van der Waals surface area contributed by atoms with E-state index in [4.69, 9.17) is 9.47 Å². The highest BCUT2D eigenvalue weighted by atomic mass is 19.1. The Labute approximate surface area is 106 Å². The van der Waals surface area contributed by atoms with E-state index in [-0.39, 0.29) is 11.5 Å². The molecule has 0 aliphatic carbocycles. The molecule has 0 fully saturated rings. The summed E-state index contributed by atoms with van der Waals surface area (Å²) in [4.78, 5) is 13.4. The van der Waals surface area contributed by atoms with E-state index in [0.717, 1.165) is 0 Å². The summed E-state index contributed by atoms with van der Waals surface area (Å²) >= 11 is 0. The molecule has 0 heterocycles. The molecule has 0 aliphatic rings. The molecule has 1 aromatic carbocycles. The first kappa shape index (κ1) is 14.4. The lowest BCUT2D eigenvalue weighted by Gasteiger charge is -2.17. The molecule has 0 bridgehead atoms. The molecule has 0 spiro atoms. The van der Waals surface area contributed by atoms with E-state index < -0.39 is 5.82 Å². The largest absolute Gasteiger partial charge is 0.497 e. The number of hydrogen-bond donors (Lipinski definition) is 0. The summed E-state index contributed by atoms with van der Waals surface area (Å²) in [5.74, 6) is -0.557. The van der Waals surface area contributed by atoms with Crippen molar-refractivity contribution in [1.29, 1.82) is 0 Å². The highest BCUT2D eigenvalue weighted by Gasteiger charge is 2.16. The summed E-state index contributed by atoms with van der Waals surface area (Å²) < 4.78 is 23.7. The molecular weight excluding hydrogens is 237 g/mol. The van der Waals surface area contributed by atoms with Gasteiger partial charge in [-0.3, -0.25) is 4.79 Å². The van der Waals surface area contributed by atoms with Gasteiger partial charge in [-0.1, -0.05) is 0 Å². The van der Waals surface area contributed by atoms with E-state index in [1.54, 1.807) is 13.1 Å². The molecule has 0 radical (unpaired) electrons. The molecule has 0 aliphatic heterocycles. The zero-order chi connectivity index (χ0) is 13.5. The average molecular weight is 255 g/mol. The highest BCUT2D eigenvalue weighted by Crippen LogP contribution is 2.17. The first-order valence-electron chi connectivity index (χ1n) is 5.77. The smallest absolute Gasteiger partial charge is 0.256 e. The second kappa shape index (κ2) is 6.96. The summed E-state index contributed by atoms with van der Waals surface area (Å²) in [6, 6.07) is 4.18. The second-order valence-electron chi connectivity index (χ2n) is 3.77. The third kappa shape index (κ3) is 3.70. The predicted molar refractivity (Wildman–Crippen MR) is 66.4 cm³/mol.